The van der Waals surface area contributed by atoms with Gasteiger partial charge in [-0.1, -0.05) is 62.6 Å². The van der Waals surface area contributed by atoms with Crippen LogP contribution in [0.15, 0.2) is 60.7 Å². The number of amides is 5. The van der Waals surface area contributed by atoms with E-state index in [0.717, 1.165) is 55.7 Å². The molecule has 0 bridgehead atoms. The third-order valence-corrected chi connectivity index (χ3v) is 10.1. The molecular formula is C40H55N5O6. The van der Waals surface area contributed by atoms with Crippen LogP contribution in [-0.2, 0) is 4.74 Å². The molecule has 11 heteroatoms. The fourth-order valence-corrected chi connectivity index (χ4v) is 6.97. The fourth-order valence-electron chi connectivity index (χ4n) is 6.97. The lowest BCUT2D eigenvalue weighted by Gasteiger charge is -2.36. The number of hydrogen-bond acceptors (Lipinski definition) is 6. The maximum Gasteiger partial charge on any atom is 0.323 e. The van der Waals surface area contributed by atoms with E-state index in [2.05, 4.69) is 16.0 Å². The molecule has 2 aliphatic rings. The fraction of sp³-hybridized carbons (Fsp3) is 0.525. The van der Waals surface area contributed by atoms with Gasteiger partial charge in [-0.2, -0.15) is 0 Å². The number of carbonyl (C=O) groups is 3. The molecule has 0 radical (unpaired) electrons. The topological polar surface area (TPSA) is 132 Å². The summed E-state index contributed by atoms with van der Waals surface area (Å²) in [5.74, 6) is -0.0888. The summed E-state index contributed by atoms with van der Waals surface area (Å²) in [6, 6.07) is 17.7. The summed E-state index contributed by atoms with van der Waals surface area (Å²) in [7, 11) is 1.79. The van der Waals surface area contributed by atoms with Gasteiger partial charge in [0.25, 0.3) is 5.91 Å². The minimum atomic E-state index is -0.516. The molecule has 1 fully saturated rings. The second kappa shape index (κ2) is 18.2. The average molecular weight is 702 g/mol. The van der Waals surface area contributed by atoms with Crippen molar-refractivity contribution >= 4 is 40.1 Å². The molecule has 1 heterocycles. The van der Waals surface area contributed by atoms with Crippen LogP contribution in [0.4, 0.5) is 21.0 Å². The van der Waals surface area contributed by atoms with Gasteiger partial charge in [-0.25, -0.2) is 9.59 Å². The molecule has 1 aliphatic heterocycles. The smallest absolute Gasteiger partial charge is 0.323 e. The van der Waals surface area contributed by atoms with Gasteiger partial charge in [0.1, 0.15) is 5.75 Å². The highest BCUT2D eigenvalue weighted by Gasteiger charge is 2.31. The van der Waals surface area contributed by atoms with E-state index in [1.807, 2.05) is 56.3 Å². The van der Waals surface area contributed by atoms with E-state index >= 15 is 0 Å². The highest BCUT2D eigenvalue weighted by atomic mass is 16.5. The lowest BCUT2D eigenvalue weighted by molar-refractivity contribution is -0.0123. The van der Waals surface area contributed by atoms with Gasteiger partial charge in [0, 0.05) is 49.8 Å². The van der Waals surface area contributed by atoms with Crippen LogP contribution in [0.5, 0.6) is 5.75 Å². The summed E-state index contributed by atoms with van der Waals surface area (Å²) >= 11 is 0. The normalized spacial score (nSPS) is 21.5. The van der Waals surface area contributed by atoms with Crippen LogP contribution < -0.4 is 20.7 Å². The number of nitrogens with zero attached hydrogens (tertiary/aromatic N) is 2. The Morgan fingerprint density at radius 2 is 1.71 bits per heavy atom. The first-order chi connectivity index (χ1) is 24.6. The predicted molar refractivity (Wildman–Crippen MR) is 201 cm³/mol. The Morgan fingerprint density at radius 3 is 2.49 bits per heavy atom. The van der Waals surface area contributed by atoms with Gasteiger partial charge in [-0.05, 0) is 75.6 Å². The quantitative estimate of drug-likeness (QED) is 0.205. The molecule has 4 N–H and O–H groups in total. The van der Waals surface area contributed by atoms with Crippen molar-refractivity contribution in [1.82, 2.24) is 15.1 Å². The molecule has 51 heavy (non-hydrogen) atoms. The number of ether oxygens (including phenoxy) is 2. The van der Waals surface area contributed by atoms with Crippen LogP contribution in [0, 0.1) is 5.92 Å². The number of fused-ring (bicyclic) bond motifs is 2. The van der Waals surface area contributed by atoms with E-state index in [1.165, 1.54) is 6.42 Å². The van der Waals surface area contributed by atoms with Crippen molar-refractivity contribution in [2.45, 2.75) is 96.4 Å². The van der Waals surface area contributed by atoms with Crippen molar-refractivity contribution in [2.75, 3.05) is 44.0 Å². The SMILES string of the molecule is C[C@@H]1CCCCO[C@@H](CN(C)C(=O)NC2CCCCC2)[C@@H](C)CN([C@H](C)CO)C(=O)c2cc(NC(=O)Nc3cccc4ccccc34)ccc2O1. The lowest BCUT2D eigenvalue weighted by atomic mass is 9.96. The molecule has 1 aliphatic carbocycles. The number of likely N-dealkylation sites (N-methyl/N-ethyl adjacent to an activating group) is 1. The molecule has 0 aromatic heterocycles. The molecule has 276 valence electrons. The number of benzene rings is 3. The van der Waals surface area contributed by atoms with Crippen molar-refractivity contribution in [3.63, 3.8) is 0 Å². The Labute approximate surface area is 302 Å². The number of hydrogen-bond donors (Lipinski definition) is 4. The Bertz CT molecular complexity index is 1620. The summed E-state index contributed by atoms with van der Waals surface area (Å²) < 4.78 is 12.8. The van der Waals surface area contributed by atoms with Crippen LogP contribution in [0.2, 0.25) is 0 Å². The van der Waals surface area contributed by atoms with Crippen molar-refractivity contribution in [3.8, 4) is 5.75 Å². The van der Waals surface area contributed by atoms with E-state index in [4.69, 9.17) is 9.47 Å². The second-order valence-corrected chi connectivity index (χ2v) is 14.3. The van der Waals surface area contributed by atoms with Crippen LogP contribution in [0.3, 0.4) is 0 Å². The van der Waals surface area contributed by atoms with Crippen molar-refractivity contribution in [2.24, 2.45) is 5.92 Å². The lowest BCUT2D eigenvalue weighted by Crippen LogP contribution is -2.50. The summed E-state index contributed by atoms with van der Waals surface area (Å²) in [5, 5.41) is 21.2. The van der Waals surface area contributed by atoms with E-state index in [-0.39, 0.29) is 54.8 Å². The molecule has 5 amide bonds. The number of anilines is 2. The van der Waals surface area contributed by atoms with Gasteiger partial charge in [0.05, 0.1) is 36.1 Å². The molecule has 11 nitrogen and oxygen atoms in total. The highest BCUT2D eigenvalue weighted by Crippen LogP contribution is 2.29. The number of urea groups is 2. The minimum absolute atomic E-state index is 0.113. The monoisotopic (exact) mass is 701 g/mol. The van der Waals surface area contributed by atoms with E-state index in [0.29, 0.717) is 30.3 Å². The number of carbonyl (C=O) groups excluding carboxylic acids is 3. The maximum atomic E-state index is 14.5. The summed E-state index contributed by atoms with van der Waals surface area (Å²) in [4.78, 5) is 44.2. The Balaban J connectivity index is 1.36. The highest BCUT2D eigenvalue weighted by molar-refractivity contribution is 6.07. The Morgan fingerprint density at radius 1 is 0.961 bits per heavy atom. The van der Waals surface area contributed by atoms with Gasteiger partial charge < -0.3 is 40.3 Å². The molecule has 4 atom stereocenters. The number of rotatable bonds is 7. The molecular weight excluding hydrogens is 646 g/mol. The van der Waals surface area contributed by atoms with Crippen LogP contribution in [0.25, 0.3) is 10.8 Å². The summed E-state index contributed by atoms with van der Waals surface area (Å²) in [5.41, 5.74) is 1.38. The largest absolute Gasteiger partial charge is 0.490 e. The third kappa shape index (κ3) is 10.4. The number of aliphatic hydroxyl groups excluding tert-OH is 1. The standard InChI is InChI=1S/C40H55N5O6/c1-27-24-45(28(2)26-46)38(47)34-23-32(41-39(48)43-35-19-12-15-30-14-8-9-18-33(30)35)20-21-36(34)51-29(3)13-10-11-22-50-37(27)25-44(4)40(49)42-31-16-6-5-7-17-31/h8-9,12,14-15,18-21,23,27-29,31,37,46H,5-7,10-11,13,16-17,22,24-26H2,1-4H3,(H,42,49)(H2,41,43,48)/t27-,28+,29+,37-/m0/s1. The first-order valence-corrected chi connectivity index (χ1v) is 18.5. The zero-order valence-electron chi connectivity index (χ0n) is 30.5. The number of nitrogens with one attached hydrogen (secondary N) is 3. The van der Waals surface area contributed by atoms with Gasteiger partial charge in [0.2, 0.25) is 0 Å². The number of aliphatic hydroxyl groups is 1. The third-order valence-electron chi connectivity index (χ3n) is 10.1. The van der Waals surface area contributed by atoms with Crippen molar-refractivity contribution in [1.29, 1.82) is 0 Å². The molecule has 3 aromatic carbocycles. The molecule has 0 saturated heterocycles. The van der Waals surface area contributed by atoms with Gasteiger partial charge in [-0.3, -0.25) is 4.79 Å². The first-order valence-electron chi connectivity index (χ1n) is 18.5. The van der Waals surface area contributed by atoms with Crippen molar-refractivity contribution in [3.05, 3.63) is 66.2 Å². The van der Waals surface area contributed by atoms with E-state index in [9.17, 15) is 19.5 Å². The molecule has 0 spiro atoms. The molecule has 3 aromatic rings. The Hall–Kier alpha value is -4.35. The first kappa shape index (κ1) is 37.9. The molecule has 1 saturated carbocycles. The minimum Gasteiger partial charge on any atom is -0.490 e. The Kier molecular flexibility index (Phi) is 13.5. The van der Waals surface area contributed by atoms with Gasteiger partial charge in [0.15, 0.2) is 0 Å². The van der Waals surface area contributed by atoms with Gasteiger partial charge in [-0.15, -0.1) is 0 Å². The van der Waals surface area contributed by atoms with Crippen molar-refractivity contribution < 1.29 is 29.0 Å². The summed E-state index contributed by atoms with van der Waals surface area (Å²) in [6.45, 7) is 6.72. The average Bonchev–Trinajstić information content (AvgIpc) is 3.13. The van der Waals surface area contributed by atoms with E-state index in [1.54, 1.807) is 42.0 Å². The van der Waals surface area contributed by atoms with Gasteiger partial charge >= 0.3 is 12.1 Å². The molecule has 5 rings (SSSR count). The van der Waals surface area contributed by atoms with Crippen LogP contribution >= 0.6 is 0 Å². The zero-order valence-corrected chi connectivity index (χ0v) is 30.5. The maximum absolute atomic E-state index is 14.5. The summed E-state index contributed by atoms with van der Waals surface area (Å²) in [6.07, 6.45) is 7.41. The molecule has 0 unspecified atom stereocenters. The van der Waals surface area contributed by atoms with Crippen LogP contribution in [-0.4, -0.2) is 90.5 Å². The predicted octanol–water partition coefficient (Wildman–Crippen LogP) is 7.25. The second-order valence-electron chi connectivity index (χ2n) is 14.3. The van der Waals surface area contributed by atoms with E-state index < -0.39 is 12.1 Å². The zero-order chi connectivity index (χ0) is 36.3. The van der Waals surface area contributed by atoms with Crippen LogP contribution in [0.1, 0.15) is 82.5 Å².